The van der Waals surface area contributed by atoms with Crippen molar-refractivity contribution in [3.05, 3.63) is 59.9 Å². The van der Waals surface area contributed by atoms with Crippen molar-refractivity contribution in [3.63, 3.8) is 0 Å². The van der Waals surface area contributed by atoms with Gasteiger partial charge in [0.2, 0.25) is 5.91 Å². The second-order valence-corrected chi connectivity index (χ2v) is 7.46. The number of primary amides is 1. The van der Waals surface area contributed by atoms with Gasteiger partial charge in [0, 0.05) is 29.7 Å². The van der Waals surface area contributed by atoms with Gasteiger partial charge < -0.3 is 20.8 Å². The van der Waals surface area contributed by atoms with E-state index >= 15 is 0 Å². The van der Waals surface area contributed by atoms with Crippen LogP contribution in [0.4, 0.5) is 5.69 Å². The van der Waals surface area contributed by atoms with E-state index in [-0.39, 0.29) is 24.5 Å². The smallest absolute Gasteiger partial charge is 0.342 e. The minimum absolute atomic E-state index is 0.0578. The monoisotopic (exact) mass is 392 g/mol. The van der Waals surface area contributed by atoms with Crippen molar-refractivity contribution in [2.75, 3.05) is 5.32 Å². The Labute approximate surface area is 168 Å². The van der Waals surface area contributed by atoms with E-state index in [0.29, 0.717) is 23.3 Å². The van der Waals surface area contributed by atoms with Gasteiger partial charge in [0.1, 0.15) is 17.8 Å². The molecule has 0 bridgehead atoms. The van der Waals surface area contributed by atoms with Crippen molar-refractivity contribution < 1.29 is 14.3 Å². The van der Waals surface area contributed by atoms with Gasteiger partial charge in [-0.15, -0.1) is 0 Å². The first-order chi connectivity index (χ1) is 14.1. The van der Waals surface area contributed by atoms with Crippen LogP contribution in [0.1, 0.15) is 41.6 Å². The highest BCUT2D eigenvalue weighted by atomic mass is 16.5. The Balaban J connectivity index is 1.57. The third-order valence-corrected chi connectivity index (χ3v) is 5.44. The van der Waals surface area contributed by atoms with Crippen molar-refractivity contribution in [2.45, 2.75) is 38.3 Å². The molecule has 4 N–H and O–H groups in total. The van der Waals surface area contributed by atoms with Gasteiger partial charge in [-0.3, -0.25) is 4.79 Å². The molecule has 3 aromatic rings. The lowest BCUT2D eigenvalue weighted by molar-refractivity contribution is -0.122. The summed E-state index contributed by atoms with van der Waals surface area (Å²) in [6.45, 7) is 0.192. The molecular weight excluding hydrogens is 368 g/mol. The van der Waals surface area contributed by atoms with Crippen LogP contribution in [0.15, 0.2) is 48.8 Å². The van der Waals surface area contributed by atoms with E-state index in [1.807, 2.05) is 36.4 Å². The molecule has 1 fully saturated rings. The summed E-state index contributed by atoms with van der Waals surface area (Å²) in [5.74, 6) is -0.840. The summed E-state index contributed by atoms with van der Waals surface area (Å²) in [6.07, 6.45) is 6.62. The molecule has 1 saturated carbocycles. The number of nitrogens with zero attached hydrogens (tertiary/aromatic N) is 1. The van der Waals surface area contributed by atoms with E-state index < -0.39 is 5.97 Å². The third-order valence-electron chi connectivity index (χ3n) is 5.44. The average Bonchev–Trinajstić information content (AvgIpc) is 3.22. The Kier molecular flexibility index (Phi) is 5.46. The third kappa shape index (κ3) is 4.23. The fourth-order valence-electron chi connectivity index (χ4n) is 3.90. The maximum atomic E-state index is 12.8. The first kappa shape index (κ1) is 19.0. The zero-order valence-electron chi connectivity index (χ0n) is 16.1. The first-order valence-electron chi connectivity index (χ1n) is 9.85. The summed E-state index contributed by atoms with van der Waals surface area (Å²) in [4.78, 5) is 31.9. The quantitative estimate of drug-likeness (QED) is 0.557. The molecule has 1 amide bonds. The predicted octanol–water partition coefficient (Wildman–Crippen LogP) is 3.38. The van der Waals surface area contributed by atoms with Gasteiger partial charge in [-0.1, -0.05) is 36.8 Å². The van der Waals surface area contributed by atoms with Crippen LogP contribution in [0.3, 0.4) is 0 Å². The van der Waals surface area contributed by atoms with E-state index in [1.165, 1.54) is 6.20 Å². The van der Waals surface area contributed by atoms with Crippen LogP contribution in [-0.2, 0) is 16.1 Å². The first-order valence-corrected chi connectivity index (χ1v) is 9.85. The number of esters is 1. The lowest BCUT2D eigenvalue weighted by Gasteiger charge is -2.29. The van der Waals surface area contributed by atoms with E-state index in [4.69, 9.17) is 10.5 Å². The van der Waals surface area contributed by atoms with Gasteiger partial charge in [-0.2, -0.15) is 0 Å². The van der Waals surface area contributed by atoms with Crippen molar-refractivity contribution in [3.8, 4) is 0 Å². The maximum absolute atomic E-state index is 12.8. The number of anilines is 1. The second kappa shape index (κ2) is 8.34. The molecule has 4 rings (SSSR count). The highest BCUT2D eigenvalue weighted by Crippen LogP contribution is 2.31. The van der Waals surface area contributed by atoms with Crippen molar-refractivity contribution in [1.29, 1.82) is 0 Å². The number of amides is 1. The number of aromatic nitrogens is 2. The van der Waals surface area contributed by atoms with Gasteiger partial charge in [-0.05, 0) is 30.9 Å². The molecule has 1 aromatic carbocycles. The number of benzene rings is 1. The Morgan fingerprint density at radius 1 is 1.21 bits per heavy atom. The number of fused-ring (bicyclic) bond motifs is 1. The Bertz CT molecular complexity index is 1020. The Morgan fingerprint density at radius 2 is 2.03 bits per heavy atom. The van der Waals surface area contributed by atoms with Crippen molar-refractivity contribution in [2.24, 2.45) is 11.7 Å². The number of carbonyl (C=O) groups is 2. The molecule has 0 spiro atoms. The number of nitrogens with two attached hydrogens (primary N) is 1. The second-order valence-electron chi connectivity index (χ2n) is 7.46. The highest BCUT2D eigenvalue weighted by Gasteiger charge is 2.27. The van der Waals surface area contributed by atoms with Crippen LogP contribution in [0.25, 0.3) is 11.0 Å². The van der Waals surface area contributed by atoms with E-state index in [9.17, 15) is 9.59 Å². The fraction of sp³-hybridized carbons (Fsp3) is 0.318. The number of nitrogens with one attached hydrogen (secondary N) is 2. The molecule has 150 valence electrons. The van der Waals surface area contributed by atoms with Gasteiger partial charge in [0.25, 0.3) is 0 Å². The number of aromatic amines is 1. The summed E-state index contributed by atoms with van der Waals surface area (Å²) in [7, 11) is 0. The molecule has 29 heavy (non-hydrogen) atoms. The zero-order chi connectivity index (χ0) is 20.2. The molecule has 1 aliphatic carbocycles. The van der Waals surface area contributed by atoms with Crippen LogP contribution >= 0.6 is 0 Å². The van der Waals surface area contributed by atoms with E-state index in [0.717, 1.165) is 30.2 Å². The largest absolute Gasteiger partial charge is 0.457 e. The van der Waals surface area contributed by atoms with E-state index in [1.54, 1.807) is 6.20 Å². The number of ether oxygens (including phenoxy) is 1. The Morgan fingerprint density at radius 3 is 2.83 bits per heavy atom. The number of pyridine rings is 1. The molecular formula is C22H24N4O3. The molecule has 0 aliphatic heterocycles. The molecule has 2 aromatic heterocycles. The van der Waals surface area contributed by atoms with Gasteiger partial charge in [-0.25, -0.2) is 9.78 Å². The maximum Gasteiger partial charge on any atom is 0.342 e. The van der Waals surface area contributed by atoms with Gasteiger partial charge >= 0.3 is 5.97 Å². The lowest BCUT2D eigenvalue weighted by atomic mass is 9.85. The SMILES string of the molecule is NC(=O)C1CCCC(Nc2c(C(=O)OCc3ccccc3)cnc3[nH]ccc23)C1. The van der Waals surface area contributed by atoms with Crippen LogP contribution in [0.5, 0.6) is 0 Å². The van der Waals surface area contributed by atoms with Gasteiger partial charge in [0.15, 0.2) is 0 Å². The summed E-state index contributed by atoms with van der Waals surface area (Å²) in [5, 5.41) is 4.29. The number of rotatable bonds is 6. The summed E-state index contributed by atoms with van der Waals surface area (Å²) >= 11 is 0. The fourth-order valence-corrected chi connectivity index (χ4v) is 3.90. The minimum Gasteiger partial charge on any atom is -0.457 e. The molecule has 2 unspecified atom stereocenters. The Hall–Kier alpha value is -3.35. The van der Waals surface area contributed by atoms with Crippen molar-refractivity contribution in [1.82, 2.24) is 9.97 Å². The number of hydrogen-bond donors (Lipinski definition) is 3. The summed E-state index contributed by atoms with van der Waals surface area (Å²) in [5.41, 5.74) is 8.19. The minimum atomic E-state index is -0.436. The number of carbonyl (C=O) groups excluding carboxylic acids is 2. The number of hydrogen-bond acceptors (Lipinski definition) is 5. The highest BCUT2D eigenvalue weighted by molar-refractivity contribution is 6.04. The predicted molar refractivity (Wildman–Crippen MR) is 110 cm³/mol. The molecule has 7 heteroatoms. The number of H-pyrrole nitrogens is 1. The van der Waals surface area contributed by atoms with Crippen LogP contribution in [0.2, 0.25) is 0 Å². The van der Waals surface area contributed by atoms with Crippen LogP contribution in [-0.4, -0.2) is 27.9 Å². The summed E-state index contributed by atoms with van der Waals surface area (Å²) in [6, 6.07) is 11.5. The molecule has 0 radical (unpaired) electrons. The molecule has 1 aliphatic rings. The van der Waals surface area contributed by atoms with Gasteiger partial charge in [0.05, 0.1) is 5.69 Å². The molecule has 7 nitrogen and oxygen atoms in total. The van der Waals surface area contributed by atoms with Crippen LogP contribution < -0.4 is 11.1 Å². The lowest BCUT2D eigenvalue weighted by Crippen LogP contribution is -2.34. The molecule has 2 atom stereocenters. The van der Waals surface area contributed by atoms with Crippen LogP contribution in [0, 0.1) is 5.92 Å². The molecule has 0 saturated heterocycles. The average molecular weight is 392 g/mol. The topological polar surface area (TPSA) is 110 Å². The van der Waals surface area contributed by atoms with Crippen molar-refractivity contribution >= 4 is 28.6 Å². The standard InChI is InChI=1S/C22H24N4O3/c23-20(27)15-7-4-8-16(11-15)26-19-17-9-10-24-21(17)25-12-18(19)22(28)29-13-14-5-2-1-3-6-14/h1-3,5-6,9-10,12,15-16H,4,7-8,11,13H2,(H2,23,27)(H2,24,25,26). The van der Waals surface area contributed by atoms with E-state index in [2.05, 4.69) is 15.3 Å². The normalized spacial score (nSPS) is 19.0. The summed E-state index contributed by atoms with van der Waals surface area (Å²) < 4.78 is 5.53. The zero-order valence-corrected chi connectivity index (χ0v) is 16.1. The molecule has 2 heterocycles.